The predicted molar refractivity (Wildman–Crippen MR) is 64.8 cm³/mol. The van der Waals surface area contributed by atoms with Gasteiger partial charge in [-0.05, 0) is 25.5 Å². The highest BCUT2D eigenvalue weighted by molar-refractivity contribution is 5.07. The molecular weight excluding hydrogens is 204 g/mol. The van der Waals surface area contributed by atoms with Gasteiger partial charge in [-0.15, -0.1) is 0 Å². The monoisotopic (exact) mass is 224 g/mol. The van der Waals surface area contributed by atoms with Crippen molar-refractivity contribution in [3.05, 3.63) is 34.2 Å². The van der Waals surface area contributed by atoms with E-state index >= 15 is 0 Å². The molecule has 0 fully saturated rings. The van der Waals surface area contributed by atoms with Crippen molar-refractivity contribution < 1.29 is 4.74 Å². The minimum Gasteiger partial charge on any atom is -0.380 e. The first-order valence-electron chi connectivity index (χ1n) is 5.69. The van der Waals surface area contributed by atoms with Crippen molar-refractivity contribution in [2.45, 2.75) is 20.4 Å². The summed E-state index contributed by atoms with van der Waals surface area (Å²) in [5.74, 6) is 0. The minimum absolute atomic E-state index is 0.0617. The number of aromatic nitrogens is 1. The van der Waals surface area contributed by atoms with E-state index in [0.29, 0.717) is 6.54 Å². The van der Waals surface area contributed by atoms with Gasteiger partial charge in [0, 0.05) is 38.5 Å². The van der Waals surface area contributed by atoms with Crippen LogP contribution in [0.25, 0.3) is 0 Å². The second-order valence-electron chi connectivity index (χ2n) is 3.68. The number of hydrogen-bond acceptors (Lipinski definition) is 3. The summed E-state index contributed by atoms with van der Waals surface area (Å²) in [5.41, 5.74) is 1.07. The van der Waals surface area contributed by atoms with E-state index in [4.69, 9.17) is 4.74 Å². The number of nitrogens with one attached hydrogen (secondary N) is 1. The lowest BCUT2D eigenvalue weighted by molar-refractivity contribution is 0.149. The SMILES string of the molecule is CCOCCNCCn1ccc(C)cc1=O. The molecule has 16 heavy (non-hydrogen) atoms. The quantitative estimate of drug-likeness (QED) is 0.696. The zero-order chi connectivity index (χ0) is 11.8. The first-order chi connectivity index (χ1) is 7.74. The van der Waals surface area contributed by atoms with Gasteiger partial charge in [-0.25, -0.2) is 0 Å². The molecule has 4 heteroatoms. The smallest absolute Gasteiger partial charge is 0.250 e. The second-order valence-corrected chi connectivity index (χ2v) is 3.68. The third-order valence-electron chi connectivity index (χ3n) is 2.31. The van der Waals surface area contributed by atoms with Gasteiger partial charge in [0.15, 0.2) is 0 Å². The maximum absolute atomic E-state index is 11.5. The Labute approximate surface area is 96.2 Å². The summed E-state index contributed by atoms with van der Waals surface area (Å²) >= 11 is 0. The molecular formula is C12H20N2O2. The molecule has 0 saturated heterocycles. The van der Waals surface area contributed by atoms with E-state index in [0.717, 1.165) is 31.9 Å². The summed E-state index contributed by atoms with van der Waals surface area (Å²) in [6, 6.07) is 3.60. The molecule has 1 aromatic heterocycles. The topological polar surface area (TPSA) is 43.3 Å². The lowest BCUT2D eigenvalue weighted by Gasteiger charge is -2.07. The van der Waals surface area contributed by atoms with Gasteiger partial charge in [-0.2, -0.15) is 0 Å². The van der Waals surface area contributed by atoms with E-state index in [9.17, 15) is 4.79 Å². The lowest BCUT2D eigenvalue weighted by atomic mass is 10.3. The molecule has 0 amide bonds. The molecule has 0 bridgehead atoms. The number of pyridine rings is 1. The minimum atomic E-state index is 0.0617. The van der Waals surface area contributed by atoms with Crippen LogP contribution < -0.4 is 10.9 Å². The van der Waals surface area contributed by atoms with Gasteiger partial charge in [0.1, 0.15) is 0 Å². The average Bonchev–Trinajstić information content (AvgIpc) is 2.26. The molecule has 0 aliphatic heterocycles. The van der Waals surface area contributed by atoms with Crippen LogP contribution in [0.5, 0.6) is 0 Å². The number of hydrogen-bond donors (Lipinski definition) is 1. The fourth-order valence-corrected chi connectivity index (χ4v) is 1.40. The number of aryl methyl sites for hydroxylation is 1. The van der Waals surface area contributed by atoms with E-state index in [-0.39, 0.29) is 5.56 Å². The van der Waals surface area contributed by atoms with Gasteiger partial charge in [0.2, 0.25) is 0 Å². The highest BCUT2D eigenvalue weighted by Gasteiger charge is 1.95. The molecule has 4 nitrogen and oxygen atoms in total. The standard InChI is InChI=1S/C12H20N2O2/c1-3-16-9-6-13-5-8-14-7-4-11(2)10-12(14)15/h4,7,10,13H,3,5-6,8-9H2,1-2H3. The summed E-state index contributed by atoms with van der Waals surface area (Å²) < 4.78 is 6.90. The van der Waals surface area contributed by atoms with Crippen molar-refractivity contribution in [3.8, 4) is 0 Å². The Morgan fingerprint density at radius 1 is 1.44 bits per heavy atom. The highest BCUT2D eigenvalue weighted by atomic mass is 16.5. The van der Waals surface area contributed by atoms with Crippen molar-refractivity contribution in [1.82, 2.24) is 9.88 Å². The van der Waals surface area contributed by atoms with Gasteiger partial charge < -0.3 is 14.6 Å². The van der Waals surface area contributed by atoms with Crippen LogP contribution in [-0.2, 0) is 11.3 Å². The molecule has 1 N–H and O–H groups in total. The summed E-state index contributed by atoms with van der Waals surface area (Å²) in [4.78, 5) is 11.5. The Bertz CT molecular complexity index is 360. The van der Waals surface area contributed by atoms with Crippen molar-refractivity contribution in [2.75, 3.05) is 26.3 Å². The van der Waals surface area contributed by atoms with Gasteiger partial charge in [-0.1, -0.05) is 0 Å². The van der Waals surface area contributed by atoms with Gasteiger partial charge in [-0.3, -0.25) is 4.79 Å². The zero-order valence-electron chi connectivity index (χ0n) is 10.0. The first-order valence-corrected chi connectivity index (χ1v) is 5.69. The molecule has 0 aromatic carbocycles. The maximum Gasteiger partial charge on any atom is 0.250 e. The second kappa shape index (κ2) is 7.19. The number of rotatable bonds is 7. The number of ether oxygens (including phenoxy) is 1. The Balaban J connectivity index is 2.24. The summed E-state index contributed by atoms with van der Waals surface area (Å²) in [6.45, 7) is 7.69. The fourth-order valence-electron chi connectivity index (χ4n) is 1.40. The molecule has 0 saturated carbocycles. The Kier molecular flexibility index (Phi) is 5.82. The van der Waals surface area contributed by atoms with Crippen LogP contribution in [0.2, 0.25) is 0 Å². The van der Waals surface area contributed by atoms with E-state index in [1.807, 2.05) is 26.1 Å². The lowest BCUT2D eigenvalue weighted by Crippen LogP contribution is -2.28. The molecule has 1 aromatic rings. The third kappa shape index (κ3) is 4.59. The molecule has 0 unspecified atom stereocenters. The molecule has 90 valence electrons. The van der Waals surface area contributed by atoms with Gasteiger partial charge in [0.25, 0.3) is 5.56 Å². The third-order valence-corrected chi connectivity index (χ3v) is 2.31. The predicted octanol–water partition coefficient (Wildman–Crippen LogP) is 0.783. The van der Waals surface area contributed by atoms with Crippen LogP contribution in [0.15, 0.2) is 23.1 Å². The van der Waals surface area contributed by atoms with Gasteiger partial charge in [0.05, 0.1) is 6.61 Å². The summed E-state index contributed by atoms with van der Waals surface area (Å²) in [5, 5.41) is 3.23. The van der Waals surface area contributed by atoms with Crippen molar-refractivity contribution in [3.63, 3.8) is 0 Å². The van der Waals surface area contributed by atoms with E-state index in [1.54, 1.807) is 10.6 Å². The largest absolute Gasteiger partial charge is 0.380 e. The van der Waals surface area contributed by atoms with Crippen LogP contribution in [-0.4, -0.2) is 30.9 Å². The van der Waals surface area contributed by atoms with Gasteiger partial charge >= 0.3 is 0 Å². The van der Waals surface area contributed by atoms with E-state index < -0.39 is 0 Å². The van der Waals surface area contributed by atoms with Crippen molar-refractivity contribution >= 4 is 0 Å². The Hall–Kier alpha value is -1.13. The molecule has 0 aliphatic rings. The molecule has 0 atom stereocenters. The van der Waals surface area contributed by atoms with Crippen LogP contribution in [0.1, 0.15) is 12.5 Å². The van der Waals surface area contributed by atoms with E-state index in [1.165, 1.54) is 0 Å². The molecule has 0 radical (unpaired) electrons. The normalized spacial score (nSPS) is 10.6. The Morgan fingerprint density at radius 3 is 2.94 bits per heavy atom. The first kappa shape index (κ1) is 12.9. The molecule has 0 aliphatic carbocycles. The van der Waals surface area contributed by atoms with E-state index in [2.05, 4.69) is 5.32 Å². The van der Waals surface area contributed by atoms with Crippen molar-refractivity contribution in [2.24, 2.45) is 0 Å². The van der Waals surface area contributed by atoms with Crippen LogP contribution >= 0.6 is 0 Å². The fraction of sp³-hybridized carbons (Fsp3) is 0.583. The maximum atomic E-state index is 11.5. The molecule has 1 heterocycles. The summed E-state index contributed by atoms with van der Waals surface area (Å²) in [7, 11) is 0. The Morgan fingerprint density at radius 2 is 2.25 bits per heavy atom. The van der Waals surface area contributed by atoms with Crippen LogP contribution in [0.4, 0.5) is 0 Å². The average molecular weight is 224 g/mol. The number of nitrogens with zero attached hydrogens (tertiary/aromatic N) is 1. The van der Waals surface area contributed by atoms with Crippen molar-refractivity contribution in [1.29, 1.82) is 0 Å². The summed E-state index contributed by atoms with van der Waals surface area (Å²) in [6.07, 6.45) is 1.84. The zero-order valence-corrected chi connectivity index (χ0v) is 10.0. The van der Waals surface area contributed by atoms with Crippen LogP contribution in [0, 0.1) is 6.92 Å². The van der Waals surface area contributed by atoms with Crippen LogP contribution in [0.3, 0.4) is 0 Å². The highest BCUT2D eigenvalue weighted by Crippen LogP contribution is 1.90. The molecule has 1 rings (SSSR count). The molecule has 0 spiro atoms.